The van der Waals surface area contributed by atoms with Crippen molar-refractivity contribution in [2.24, 2.45) is 0 Å². The SMILES string of the molecule is CS(=O)(=O)c1ccc(-c2oc(CCCC(=O)NO)nc2-c2ccc(Cl)cc2)cc1. The lowest BCUT2D eigenvalue weighted by atomic mass is 10.1. The average Bonchev–Trinajstić information content (AvgIpc) is 3.12. The van der Waals surface area contributed by atoms with E-state index >= 15 is 0 Å². The lowest BCUT2D eigenvalue weighted by Crippen LogP contribution is -2.18. The van der Waals surface area contributed by atoms with Crippen LogP contribution in [0.25, 0.3) is 22.6 Å². The maximum Gasteiger partial charge on any atom is 0.243 e. The second kappa shape index (κ2) is 8.77. The second-order valence-electron chi connectivity index (χ2n) is 6.48. The minimum Gasteiger partial charge on any atom is -0.440 e. The van der Waals surface area contributed by atoms with Gasteiger partial charge in [-0.2, -0.15) is 0 Å². The second-order valence-corrected chi connectivity index (χ2v) is 8.93. The zero-order valence-corrected chi connectivity index (χ0v) is 17.1. The number of amides is 1. The number of carbonyl (C=O) groups excluding carboxylic acids is 1. The summed E-state index contributed by atoms with van der Waals surface area (Å²) in [6.45, 7) is 0. The van der Waals surface area contributed by atoms with Crippen molar-refractivity contribution in [1.82, 2.24) is 10.5 Å². The Morgan fingerprint density at radius 3 is 2.31 bits per heavy atom. The first kappa shape index (κ1) is 21.0. The first-order valence-corrected chi connectivity index (χ1v) is 11.0. The third-order valence-electron chi connectivity index (χ3n) is 4.25. The van der Waals surface area contributed by atoms with E-state index in [1.165, 1.54) is 12.1 Å². The highest BCUT2D eigenvalue weighted by molar-refractivity contribution is 7.90. The quantitative estimate of drug-likeness (QED) is 0.431. The van der Waals surface area contributed by atoms with Crippen LogP contribution in [0.2, 0.25) is 5.02 Å². The molecule has 0 saturated heterocycles. The molecule has 1 aromatic heterocycles. The van der Waals surface area contributed by atoms with E-state index in [1.54, 1.807) is 29.7 Å². The molecule has 0 fully saturated rings. The van der Waals surface area contributed by atoms with Gasteiger partial charge in [-0.3, -0.25) is 10.0 Å². The van der Waals surface area contributed by atoms with Crippen LogP contribution < -0.4 is 5.48 Å². The third-order valence-corrected chi connectivity index (χ3v) is 5.63. The number of nitrogens with one attached hydrogen (secondary N) is 1. The number of hydrogen-bond donors (Lipinski definition) is 2. The molecule has 0 radical (unpaired) electrons. The Balaban J connectivity index is 1.97. The number of rotatable bonds is 7. The molecule has 1 amide bonds. The van der Waals surface area contributed by atoms with Crippen LogP contribution in [-0.2, 0) is 21.1 Å². The Morgan fingerprint density at radius 2 is 1.72 bits per heavy atom. The van der Waals surface area contributed by atoms with Crippen LogP contribution in [0.3, 0.4) is 0 Å². The minimum atomic E-state index is -3.31. The molecular weight excluding hydrogens is 416 g/mol. The highest BCUT2D eigenvalue weighted by Crippen LogP contribution is 2.34. The zero-order chi connectivity index (χ0) is 21.0. The number of halogens is 1. The number of hydroxylamine groups is 1. The van der Waals surface area contributed by atoms with E-state index in [2.05, 4.69) is 4.98 Å². The van der Waals surface area contributed by atoms with Gasteiger partial charge in [0.05, 0.1) is 4.90 Å². The van der Waals surface area contributed by atoms with Crippen LogP contribution in [0, 0.1) is 0 Å². The molecule has 0 atom stereocenters. The molecule has 0 saturated carbocycles. The Bertz CT molecular complexity index is 1110. The predicted molar refractivity (Wildman–Crippen MR) is 108 cm³/mol. The smallest absolute Gasteiger partial charge is 0.243 e. The number of aryl methyl sites for hydroxylation is 1. The summed E-state index contributed by atoms with van der Waals surface area (Å²) in [6, 6.07) is 13.5. The van der Waals surface area contributed by atoms with Gasteiger partial charge in [-0.25, -0.2) is 18.9 Å². The molecule has 3 rings (SSSR count). The van der Waals surface area contributed by atoms with E-state index in [4.69, 9.17) is 21.2 Å². The number of oxazole rings is 1. The number of aromatic nitrogens is 1. The monoisotopic (exact) mass is 434 g/mol. The number of nitrogens with zero attached hydrogens (tertiary/aromatic N) is 1. The van der Waals surface area contributed by atoms with Gasteiger partial charge in [0.1, 0.15) is 5.69 Å². The maximum absolute atomic E-state index is 11.7. The molecule has 0 aliphatic heterocycles. The topological polar surface area (TPSA) is 110 Å². The molecule has 2 N–H and O–H groups in total. The van der Waals surface area contributed by atoms with Gasteiger partial charge in [-0.05, 0) is 42.8 Å². The molecule has 152 valence electrons. The van der Waals surface area contributed by atoms with E-state index in [0.717, 1.165) is 11.8 Å². The van der Waals surface area contributed by atoms with Gasteiger partial charge < -0.3 is 4.42 Å². The summed E-state index contributed by atoms with van der Waals surface area (Å²) in [5, 5.41) is 9.18. The fourth-order valence-electron chi connectivity index (χ4n) is 2.78. The predicted octanol–water partition coefficient (Wildman–Crippen LogP) is 3.89. The number of hydrogen-bond acceptors (Lipinski definition) is 6. The van der Waals surface area contributed by atoms with Crippen LogP contribution >= 0.6 is 11.6 Å². The molecular formula is C20H19ClN2O5S. The molecule has 0 bridgehead atoms. The molecule has 1 heterocycles. The van der Waals surface area contributed by atoms with Crippen LogP contribution in [0.5, 0.6) is 0 Å². The minimum absolute atomic E-state index is 0.132. The Kier molecular flexibility index (Phi) is 6.36. The molecule has 29 heavy (non-hydrogen) atoms. The van der Waals surface area contributed by atoms with E-state index in [0.29, 0.717) is 40.8 Å². The Labute approximate surface area is 173 Å². The molecule has 0 aliphatic rings. The van der Waals surface area contributed by atoms with E-state index in [-0.39, 0.29) is 11.3 Å². The normalized spacial score (nSPS) is 11.4. The van der Waals surface area contributed by atoms with Gasteiger partial charge in [0.25, 0.3) is 0 Å². The molecule has 7 nitrogen and oxygen atoms in total. The van der Waals surface area contributed by atoms with Crippen molar-refractivity contribution >= 4 is 27.3 Å². The van der Waals surface area contributed by atoms with Crippen LogP contribution in [0.15, 0.2) is 57.8 Å². The van der Waals surface area contributed by atoms with Crippen molar-refractivity contribution in [3.05, 3.63) is 59.4 Å². The van der Waals surface area contributed by atoms with Crippen LogP contribution in [0.1, 0.15) is 18.7 Å². The maximum atomic E-state index is 11.7. The van der Waals surface area contributed by atoms with Gasteiger partial charge in [-0.1, -0.05) is 23.7 Å². The van der Waals surface area contributed by atoms with Crippen LogP contribution in [0.4, 0.5) is 0 Å². The van der Waals surface area contributed by atoms with E-state index in [9.17, 15) is 13.2 Å². The summed E-state index contributed by atoms with van der Waals surface area (Å²) in [4.78, 5) is 16.0. The van der Waals surface area contributed by atoms with Crippen molar-refractivity contribution in [3.8, 4) is 22.6 Å². The highest BCUT2D eigenvalue weighted by atomic mass is 35.5. The van der Waals surface area contributed by atoms with Gasteiger partial charge in [0.15, 0.2) is 21.5 Å². The van der Waals surface area contributed by atoms with Crippen molar-refractivity contribution < 1.29 is 22.8 Å². The first-order valence-electron chi connectivity index (χ1n) is 8.77. The zero-order valence-electron chi connectivity index (χ0n) is 15.6. The third kappa shape index (κ3) is 5.23. The molecule has 9 heteroatoms. The van der Waals surface area contributed by atoms with Crippen molar-refractivity contribution in [2.75, 3.05) is 6.26 Å². The largest absolute Gasteiger partial charge is 0.440 e. The van der Waals surface area contributed by atoms with Crippen molar-refractivity contribution in [1.29, 1.82) is 0 Å². The molecule has 0 unspecified atom stereocenters. The number of carbonyl (C=O) groups is 1. The number of sulfone groups is 1. The Hall–Kier alpha value is -2.68. The van der Waals surface area contributed by atoms with E-state index < -0.39 is 15.7 Å². The summed E-state index contributed by atoms with van der Waals surface area (Å²) in [5.74, 6) is 0.447. The summed E-state index contributed by atoms with van der Waals surface area (Å²) in [7, 11) is -3.31. The van der Waals surface area contributed by atoms with Gasteiger partial charge in [0.2, 0.25) is 5.91 Å². The summed E-state index contributed by atoms with van der Waals surface area (Å²) in [5.41, 5.74) is 3.65. The molecule has 0 spiro atoms. The standard InChI is InChI=1S/C20H19ClN2O5S/c1-29(26,27)16-11-7-14(8-12-16)20-19(13-5-9-15(21)10-6-13)22-18(28-20)4-2-3-17(24)23-25/h5-12,25H,2-4H2,1H3,(H,23,24). The van der Waals surface area contributed by atoms with Crippen molar-refractivity contribution in [3.63, 3.8) is 0 Å². The average molecular weight is 435 g/mol. The van der Waals surface area contributed by atoms with E-state index in [1.807, 2.05) is 12.1 Å². The van der Waals surface area contributed by atoms with Gasteiger partial charge in [0, 0.05) is 35.2 Å². The summed E-state index contributed by atoms with van der Waals surface area (Å²) in [6.07, 6.45) is 2.12. The lowest BCUT2D eigenvalue weighted by molar-refractivity contribution is -0.129. The Morgan fingerprint density at radius 1 is 1.10 bits per heavy atom. The lowest BCUT2D eigenvalue weighted by Gasteiger charge is -2.03. The highest BCUT2D eigenvalue weighted by Gasteiger charge is 2.18. The fourth-order valence-corrected chi connectivity index (χ4v) is 3.54. The van der Waals surface area contributed by atoms with Gasteiger partial charge >= 0.3 is 0 Å². The number of benzene rings is 2. The van der Waals surface area contributed by atoms with Crippen LogP contribution in [-0.4, -0.2) is 30.8 Å². The molecule has 0 aliphatic carbocycles. The fraction of sp³-hybridized carbons (Fsp3) is 0.200. The van der Waals surface area contributed by atoms with Gasteiger partial charge in [-0.15, -0.1) is 0 Å². The summed E-state index contributed by atoms with van der Waals surface area (Å²) >= 11 is 5.97. The summed E-state index contributed by atoms with van der Waals surface area (Å²) < 4.78 is 29.3. The molecule has 2 aromatic carbocycles. The first-order chi connectivity index (χ1) is 13.8. The van der Waals surface area contributed by atoms with Crippen molar-refractivity contribution in [2.45, 2.75) is 24.2 Å². The molecule has 3 aromatic rings.